The Hall–Kier alpha value is -1.86. The van der Waals surface area contributed by atoms with Crippen molar-refractivity contribution in [3.05, 3.63) is 68.9 Å². The highest BCUT2D eigenvalue weighted by atomic mass is 127. The lowest BCUT2D eigenvalue weighted by Gasteiger charge is -2.30. The fraction of sp³-hybridized carbons (Fsp3) is 0.167. The van der Waals surface area contributed by atoms with Gasteiger partial charge in [0.1, 0.15) is 6.04 Å². The van der Waals surface area contributed by atoms with Gasteiger partial charge in [-0.05, 0) is 45.9 Å². The molecular formula is C18H15IN2O2. The molecule has 3 aromatic rings. The van der Waals surface area contributed by atoms with Gasteiger partial charge in [-0.1, -0.05) is 36.4 Å². The van der Waals surface area contributed by atoms with Crippen LogP contribution >= 0.6 is 22.6 Å². The number of para-hydroxylation sites is 1. The summed E-state index contributed by atoms with van der Waals surface area (Å²) in [7, 11) is 0. The van der Waals surface area contributed by atoms with E-state index in [0.29, 0.717) is 6.42 Å². The normalized spacial score (nSPS) is 20.4. The summed E-state index contributed by atoms with van der Waals surface area (Å²) in [6.45, 7) is 0. The molecule has 116 valence electrons. The number of nitrogens with one attached hydrogen (secondary N) is 2. The summed E-state index contributed by atoms with van der Waals surface area (Å²) in [5.74, 6) is -0.808. The van der Waals surface area contributed by atoms with Gasteiger partial charge in [0.05, 0.1) is 6.04 Å². The summed E-state index contributed by atoms with van der Waals surface area (Å²) in [6.07, 6.45) is 0.495. The molecule has 0 spiro atoms. The van der Waals surface area contributed by atoms with Gasteiger partial charge < -0.3 is 10.1 Å². The largest absolute Gasteiger partial charge is 0.480 e. The smallest absolute Gasteiger partial charge is 0.321 e. The number of fused-ring (bicyclic) bond motifs is 3. The van der Waals surface area contributed by atoms with Gasteiger partial charge in [-0.2, -0.15) is 0 Å². The van der Waals surface area contributed by atoms with E-state index in [1.807, 2.05) is 36.4 Å². The Balaban J connectivity index is 1.93. The first-order chi connectivity index (χ1) is 11.1. The standard InChI is InChI=1S/C18H15IN2O2/c19-13-7-3-1-6-11(13)16-17-12(9-15(21-16)18(22)23)10-5-2-4-8-14(10)20-17/h1-8,15-16,20-21H,9H2,(H,22,23). The van der Waals surface area contributed by atoms with Gasteiger partial charge in [0.25, 0.3) is 0 Å². The molecule has 0 fully saturated rings. The fourth-order valence-corrected chi connectivity index (χ4v) is 4.05. The minimum Gasteiger partial charge on any atom is -0.480 e. The maximum Gasteiger partial charge on any atom is 0.321 e. The van der Waals surface area contributed by atoms with Crippen LogP contribution in [0.1, 0.15) is 22.9 Å². The molecular weight excluding hydrogens is 403 g/mol. The molecule has 2 unspecified atom stereocenters. The van der Waals surface area contributed by atoms with Crippen LogP contribution in [0.4, 0.5) is 0 Å². The van der Waals surface area contributed by atoms with Crippen LogP contribution < -0.4 is 5.32 Å². The second-order valence-corrected chi connectivity index (χ2v) is 6.94. The molecule has 0 saturated carbocycles. The van der Waals surface area contributed by atoms with Crippen LogP contribution in [0, 0.1) is 3.57 Å². The van der Waals surface area contributed by atoms with E-state index < -0.39 is 12.0 Å². The summed E-state index contributed by atoms with van der Waals surface area (Å²) in [5, 5.41) is 13.9. The molecule has 23 heavy (non-hydrogen) atoms. The highest BCUT2D eigenvalue weighted by Gasteiger charge is 2.34. The van der Waals surface area contributed by atoms with Crippen LogP contribution in [0.3, 0.4) is 0 Å². The van der Waals surface area contributed by atoms with Crippen LogP contribution in [0.25, 0.3) is 10.9 Å². The van der Waals surface area contributed by atoms with Crippen molar-refractivity contribution in [3.63, 3.8) is 0 Å². The van der Waals surface area contributed by atoms with Crippen molar-refractivity contribution in [2.24, 2.45) is 0 Å². The van der Waals surface area contributed by atoms with Crippen molar-refractivity contribution < 1.29 is 9.90 Å². The van der Waals surface area contributed by atoms with Crippen LogP contribution in [0.5, 0.6) is 0 Å². The van der Waals surface area contributed by atoms with Gasteiger partial charge >= 0.3 is 5.97 Å². The lowest BCUT2D eigenvalue weighted by Crippen LogP contribution is -2.45. The van der Waals surface area contributed by atoms with Gasteiger partial charge in [-0.25, -0.2) is 0 Å². The molecule has 0 amide bonds. The topological polar surface area (TPSA) is 65.1 Å². The molecule has 5 heteroatoms. The minimum atomic E-state index is -0.808. The molecule has 4 rings (SSSR count). The highest BCUT2D eigenvalue weighted by molar-refractivity contribution is 14.1. The number of benzene rings is 2. The Morgan fingerprint density at radius 3 is 2.65 bits per heavy atom. The third kappa shape index (κ3) is 2.44. The van der Waals surface area contributed by atoms with Crippen LogP contribution in [-0.4, -0.2) is 22.1 Å². The quantitative estimate of drug-likeness (QED) is 0.559. The summed E-state index contributed by atoms with van der Waals surface area (Å²) >= 11 is 2.30. The maximum atomic E-state index is 11.6. The average molecular weight is 418 g/mol. The lowest BCUT2D eigenvalue weighted by molar-refractivity contribution is -0.139. The van der Waals surface area contributed by atoms with Crippen molar-refractivity contribution in [3.8, 4) is 0 Å². The monoisotopic (exact) mass is 418 g/mol. The zero-order valence-corrected chi connectivity index (χ0v) is 14.4. The number of carboxylic acids is 1. The van der Waals surface area contributed by atoms with Gasteiger partial charge in [-0.3, -0.25) is 10.1 Å². The molecule has 0 radical (unpaired) electrons. The maximum absolute atomic E-state index is 11.6. The molecule has 1 aliphatic rings. The molecule has 1 aromatic heterocycles. The summed E-state index contributed by atoms with van der Waals surface area (Å²) in [5.41, 5.74) is 4.34. The Bertz CT molecular complexity index is 903. The van der Waals surface area contributed by atoms with Crippen molar-refractivity contribution >= 4 is 39.5 Å². The first-order valence-electron chi connectivity index (χ1n) is 7.48. The van der Waals surface area contributed by atoms with E-state index in [9.17, 15) is 9.90 Å². The molecule has 4 nitrogen and oxygen atoms in total. The predicted molar refractivity (Wildman–Crippen MR) is 97.6 cm³/mol. The molecule has 1 aliphatic heterocycles. The summed E-state index contributed by atoms with van der Waals surface area (Å²) in [4.78, 5) is 15.1. The number of halogens is 1. The third-order valence-corrected chi connectivity index (χ3v) is 5.41. The molecule has 3 N–H and O–H groups in total. The average Bonchev–Trinajstić information content (AvgIpc) is 2.93. The number of aliphatic carboxylic acids is 1. The number of H-pyrrole nitrogens is 1. The lowest BCUT2D eigenvalue weighted by atomic mass is 9.90. The predicted octanol–water partition coefficient (Wildman–Crippen LogP) is 3.46. The Labute approximate surface area is 147 Å². The van der Waals surface area contributed by atoms with Crippen molar-refractivity contribution in [2.75, 3.05) is 0 Å². The highest BCUT2D eigenvalue weighted by Crippen LogP contribution is 2.36. The molecule has 0 bridgehead atoms. The van der Waals surface area contributed by atoms with Crippen LogP contribution in [0.15, 0.2) is 48.5 Å². The third-order valence-electron chi connectivity index (χ3n) is 4.43. The Morgan fingerprint density at radius 1 is 1.13 bits per heavy atom. The van der Waals surface area contributed by atoms with E-state index in [0.717, 1.165) is 31.3 Å². The van der Waals surface area contributed by atoms with E-state index in [1.54, 1.807) is 0 Å². The van der Waals surface area contributed by atoms with Gasteiger partial charge in [0, 0.05) is 26.6 Å². The number of rotatable bonds is 2. The summed E-state index contributed by atoms with van der Waals surface area (Å²) in [6, 6.07) is 15.5. The van der Waals surface area contributed by atoms with Crippen molar-refractivity contribution in [1.29, 1.82) is 0 Å². The Kier molecular flexibility index (Phi) is 3.61. The van der Waals surface area contributed by atoms with Gasteiger partial charge in [-0.15, -0.1) is 0 Å². The van der Waals surface area contributed by atoms with E-state index in [4.69, 9.17) is 0 Å². The van der Waals surface area contributed by atoms with Gasteiger partial charge in [0.15, 0.2) is 0 Å². The van der Waals surface area contributed by atoms with E-state index >= 15 is 0 Å². The van der Waals surface area contributed by atoms with E-state index in [2.05, 4.69) is 45.0 Å². The Morgan fingerprint density at radius 2 is 1.87 bits per heavy atom. The second kappa shape index (κ2) is 5.65. The number of hydrogen-bond donors (Lipinski definition) is 3. The number of aromatic amines is 1. The van der Waals surface area contributed by atoms with Crippen molar-refractivity contribution in [1.82, 2.24) is 10.3 Å². The first kappa shape index (κ1) is 14.7. The molecule has 0 aliphatic carbocycles. The molecule has 2 heterocycles. The molecule has 0 saturated heterocycles. The minimum absolute atomic E-state index is 0.139. The van der Waals surface area contributed by atoms with Crippen LogP contribution in [0.2, 0.25) is 0 Å². The second-order valence-electron chi connectivity index (χ2n) is 5.78. The van der Waals surface area contributed by atoms with E-state index in [1.165, 1.54) is 0 Å². The number of aromatic nitrogens is 1. The molecule has 2 aromatic carbocycles. The van der Waals surface area contributed by atoms with Crippen molar-refractivity contribution in [2.45, 2.75) is 18.5 Å². The number of carboxylic acid groups (broad SMARTS) is 1. The first-order valence-corrected chi connectivity index (χ1v) is 8.56. The summed E-state index contributed by atoms with van der Waals surface area (Å²) < 4.78 is 1.12. The number of carbonyl (C=O) groups is 1. The fourth-order valence-electron chi connectivity index (χ4n) is 3.35. The number of hydrogen-bond acceptors (Lipinski definition) is 2. The zero-order valence-electron chi connectivity index (χ0n) is 12.2. The van der Waals surface area contributed by atoms with Gasteiger partial charge in [0.2, 0.25) is 0 Å². The zero-order chi connectivity index (χ0) is 16.0. The van der Waals surface area contributed by atoms with E-state index in [-0.39, 0.29) is 6.04 Å². The SMILES string of the molecule is O=C(O)C1Cc2c([nH]c3ccccc23)C(c2ccccc2I)N1. The molecule has 2 atom stereocenters. The van der Waals surface area contributed by atoms with Crippen LogP contribution in [-0.2, 0) is 11.2 Å².